The molecule has 0 saturated heterocycles. The fourth-order valence-electron chi connectivity index (χ4n) is 5.59. The molecular formula is C38H38N2O8. The molecular weight excluding hydrogens is 612 g/mol. The Morgan fingerprint density at radius 1 is 0.729 bits per heavy atom. The fraction of sp³-hybridized carbons (Fsp3) is 0.211. The molecule has 0 bridgehead atoms. The monoisotopic (exact) mass is 650 g/mol. The lowest BCUT2D eigenvalue weighted by Gasteiger charge is -2.12. The van der Waals surface area contributed by atoms with Crippen LogP contribution in [0.1, 0.15) is 48.2 Å². The van der Waals surface area contributed by atoms with Gasteiger partial charge < -0.3 is 40.0 Å². The van der Waals surface area contributed by atoms with E-state index in [1.807, 2.05) is 68.4 Å². The van der Waals surface area contributed by atoms with Crippen molar-refractivity contribution in [3.8, 4) is 22.6 Å². The third-order valence-corrected chi connectivity index (χ3v) is 7.81. The van der Waals surface area contributed by atoms with Crippen molar-refractivity contribution in [3.05, 3.63) is 119 Å². The van der Waals surface area contributed by atoms with E-state index in [0.717, 1.165) is 67.7 Å². The SMILES string of the molecule is CCc1oc2cccc(-c3ccc(OCC(N)=O)cc3)c2c1CO.CCc1oc2ccccc2c1C(O)c1ccc(OCC(N)=O)cc1. The van der Waals surface area contributed by atoms with Crippen molar-refractivity contribution in [1.82, 2.24) is 0 Å². The number of primary amides is 2. The molecule has 2 amide bonds. The smallest absolute Gasteiger partial charge is 0.255 e. The number of benzene rings is 4. The van der Waals surface area contributed by atoms with Gasteiger partial charge in [0.15, 0.2) is 13.2 Å². The number of aliphatic hydroxyl groups is 2. The Bertz CT molecular complexity index is 2010. The number of amides is 2. The number of hydrogen-bond acceptors (Lipinski definition) is 8. The van der Waals surface area contributed by atoms with Crippen LogP contribution in [0.3, 0.4) is 0 Å². The topological polar surface area (TPSA) is 171 Å². The molecule has 48 heavy (non-hydrogen) atoms. The van der Waals surface area contributed by atoms with Crippen LogP contribution in [0.5, 0.6) is 11.5 Å². The Morgan fingerprint density at radius 3 is 1.88 bits per heavy atom. The lowest BCUT2D eigenvalue weighted by Crippen LogP contribution is -2.20. The minimum Gasteiger partial charge on any atom is -0.484 e. The van der Waals surface area contributed by atoms with E-state index in [0.29, 0.717) is 17.9 Å². The highest BCUT2D eigenvalue weighted by Crippen LogP contribution is 2.37. The highest BCUT2D eigenvalue weighted by molar-refractivity contribution is 5.97. The summed E-state index contributed by atoms with van der Waals surface area (Å²) < 4.78 is 22.2. The van der Waals surface area contributed by atoms with Gasteiger partial charge >= 0.3 is 0 Å². The first kappa shape index (κ1) is 33.8. The van der Waals surface area contributed by atoms with Crippen molar-refractivity contribution < 1.29 is 38.1 Å². The maximum absolute atomic E-state index is 10.8. The molecule has 1 atom stereocenters. The predicted octanol–water partition coefficient (Wildman–Crippen LogP) is 5.96. The van der Waals surface area contributed by atoms with Crippen LogP contribution in [0.4, 0.5) is 0 Å². The highest BCUT2D eigenvalue weighted by atomic mass is 16.5. The molecule has 6 aromatic rings. The predicted molar refractivity (Wildman–Crippen MR) is 182 cm³/mol. The number of carbonyl (C=O) groups excluding carboxylic acids is 2. The standard InChI is InChI=1S/2C19H19NO4/c1-2-16-15(10-21)19-14(4-3-5-17(19)24-16)12-6-8-13(9-7-12)23-11-18(20)22;1-2-15-18(14-5-3-4-6-16(14)24-15)19(22)12-7-9-13(10-8-12)23-11-17(20)21/h3-9,21H,2,10-11H2,1H3,(H2,20,22);3-10,19,22H,2,11H2,1H3,(H2,20,21). The maximum atomic E-state index is 10.8. The van der Waals surface area contributed by atoms with Crippen molar-refractivity contribution >= 4 is 33.8 Å². The van der Waals surface area contributed by atoms with Gasteiger partial charge in [0.25, 0.3) is 11.8 Å². The largest absolute Gasteiger partial charge is 0.484 e. The summed E-state index contributed by atoms with van der Waals surface area (Å²) >= 11 is 0. The van der Waals surface area contributed by atoms with Gasteiger partial charge in [-0.2, -0.15) is 0 Å². The molecule has 6 N–H and O–H groups in total. The quantitative estimate of drug-likeness (QED) is 0.126. The molecule has 2 heterocycles. The Labute approximate surface area is 277 Å². The van der Waals surface area contributed by atoms with E-state index in [4.69, 9.17) is 29.8 Å². The first-order valence-electron chi connectivity index (χ1n) is 15.6. The summed E-state index contributed by atoms with van der Waals surface area (Å²) in [6.07, 6.45) is 0.624. The van der Waals surface area contributed by atoms with Gasteiger partial charge in [-0.1, -0.05) is 68.4 Å². The van der Waals surface area contributed by atoms with E-state index >= 15 is 0 Å². The van der Waals surface area contributed by atoms with Crippen molar-refractivity contribution in [2.75, 3.05) is 13.2 Å². The third-order valence-electron chi connectivity index (χ3n) is 7.81. The first-order chi connectivity index (χ1) is 23.2. The molecule has 1 unspecified atom stereocenters. The Hall–Kier alpha value is -5.58. The highest BCUT2D eigenvalue weighted by Gasteiger charge is 2.21. The van der Waals surface area contributed by atoms with Crippen molar-refractivity contribution in [2.45, 2.75) is 39.4 Å². The second kappa shape index (κ2) is 15.3. The molecule has 0 aliphatic carbocycles. The molecule has 10 nitrogen and oxygen atoms in total. The van der Waals surface area contributed by atoms with Crippen LogP contribution in [0, 0.1) is 0 Å². The Morgan fingerprint density at radius 2 is 1.29 bits per heavy atom. The van der Waals surface area contributed by atoms with Crippen LogP contribution in [-0.2, 0) is 29.0 Å². The van der Waals surface area contributed by atoms with E-state index in [-0.39, 0.29) is 19.8 Å². The van der Waals surface area contributed by atoms with Gasteiger partial charge in [-0.15, -0.1) is 0 Å². The van der Waals surface area contributed by atoms with Crippen LogP contribution in [0.2, 0.25) is 0 Å². The zero-order chi connectivity index (χ0) is 34.2. The average molecular weight is 651 g/mol. The molecule has 2 aromatic heterocycles. The number of aliphatic hydroxyl groups excluding tert-OH is 2. The van der Waals surface area contributed by atoms with E-state index in [9.17, 15) is 19.8 Å². The number of carbonyl (C=O) groups is 2. The summed E-state index contributed by atoms with van der Waals surface area (Å²) in [5.41, 5.74) is 16.0. The lowest BCUT2D eigenvalue weighted by atomic mass is 9.98. The summed E-state index contributed by atoms with van der Waals surface area (Å²) in [5, 5.41) is 22.4. The van der Waals surface area contributed by atoms with Crippen LogP contribution in [0.15, 0.2) is 99.8 Å². The van der Waals surface area contributed by atoms with Crippen LogP contribution >= 0.6 is 0 Å². The number of fused-ring (bicyclic) bond motifs is 2. The van der Waals surface area contributed by atoms with Gasteiger partial charge in [0.05, 0.1) is 6.61 Å². The number of hydrogen-bond donors (Lipinski definition) is 4. The van der Waals surface area contributed by atoms with Crippen molar-refractivity contribution in [1.29, 1.82) is 0 Å². The van der Waals surface area contributed by atoms with Gasteiger partial charge in [0, 0.05) is 34.7 Å². The summed E-state index contributed by atoms with van der Waals surface area (Å²) in [6.45, 7) is 3.61. The molecule has 248 valence electrons. The van der Waals surface area contributed by atoms with Crippen molar-refractivity contribution in [2.24, 2.45) is 11.5 Å². The summed E-state index contributed by atoms with van der Waals surface area (Å²) in [6, 6.07) is 27.8. The molecule has 0 radical (unpaired) electrons. The number of aryl methyl sites for hydroxylation is 2. The van der Waals surface area contributed by atoms with E-state index < -0.39 is 17.9 Å². The van der Waals surface area contributed by atoms with Gasteiger partial charge in [-0.3, -0.25) is 9.59 Å². The van der Waals surface area contributed by atoms with E-state index in [1.165, 1.54) is 0 Å². The van der Waals surface area contributed by atoms with Gasteiger partial charge in [-0.05, 0) is 53.1 Å². The lowest BCUT2D eigenvalue weighted by molar-refractivity contribution is -0.120. The zero-order valence-corrected chi connectivity index (χ0v) is 26.8. The van der Waals surface area contributed by atoms with E-state index in [1.54, 1.807) is 36.4 Å². The first-order valence-corrected chi connectivity index (χ1v) is 15.6. The second-order valence-electron chi connectivity index (χ2n) is 11.0. The minimum atomic E-state index is -0.797. The number of para-hydroxylation sites is 1. The minimum absolute atomic E-state index is 0.0625. The van der Waals surface area contributed by atoms with Gasteiger partial charge in [-0.25, -0.2) is 0 Å². The molecule has 4 aromatic carbocycles. The zero-order valence-electron chi connectivity index (χ0n) is 26.8. The molecule has 0 aliphatic rings. The second-order valence-corrected chi connectivity index (χ2v) is 11.0. The Kier molecular flexibility index (Phi) is 10.8. The third kappa shape index (κ3) is 7.52. The number of furan rings is 2. The van der Waals surface area contributed by atoms with Crippen LogP contribution < -0.4 is 20.9 Å². The molecule has 0 saturated carbocycles. The summed E-state index contributed by atoms with van der Waals surface area (Å²) in [7, 11) is 0. The summed E-state index contributed by atoms with van der Waals surface area (Å²) in [5.74, 6) is 1.64. The van der Waals surface area contributed by atoms with Crippen LogP contribution in [-0.4, -0.2) is 35.2 Å². The molecule has 10 heteroatoms. The number of rotatable bonds is 12. The van der Waals surface area contributed by atoms with Crippen LogP contribution in [0.25, 0.3) is 33.1 Å². The normalized spacial score (nSPS) is 11.6. The number of nitrogens with two attached hydrogens (primary N) is 2. The summed E-state index contributed by atoms with van der Waals surface area (Å²) in [4.78, 5) is 21.5. The molecule has 0 spiro atoms. The Balaban J connectivity index is 0.000000188. The fourth-order valence-corrected chi connectivity index (χ4v) is 5.59. The average Bonchev–Trinajstić information content (AvgIpc) is 3.68. The van der Waals surface area contributed by atoms with Gasteiger partial charge in [0.2, 0.25) is 0 Å². The maximum Gasteiger partial charge on any atom is 0.255 e. The van der Waals surface area contributed by atoms with Gasteiger partial charge in [0.1, 0.15) is 40.3 Å². The molecule has 0 aliphatic heterocycles. The molecule has 6 rings (SSSR count). The van der Waals surface area contributed by atoms with Crippen molar-refractivity contribution in [3.63, 3.8) is 0 Å². The molecule has 0 fully saturated rings. The number of ether oxygens (including phenoxy) is 2. The van der Waals surface area contributed by atoms with E-state index in [2.05, 4.69) is 0 Å².